The molecule has 27 heavy (non-hydrogen) atoms. The number of allylic oxidation sites excluding steroid dienone is 1. The third kappa shape index (κ3) is 5.24. The van der Waals surface area contributed by atoms with Crippen LogP contribution < -0.4 is 18.9 Å². The quantitative estimate of drug-likeness (QED) is 0.534. The third-order valence-corrected chi connectivity index (χ3v) is 3.64. The molecular weight excluding hydrogens is 352 g/mol. The highest BCUT2D eigenvalue weighted by molar-refractivity contribution is 6.08. The van der Waals surface area contributed by atoms with E-state index in [0.717, 1.165) is 0 Å². The van der Waals surface area contributed by atoms with Crippen molar-refractivity contribution in [2.24, 2.45) is 0 Å². The Labute approximate surface area is 156 Å². The van der Waals surface area contributed by atoms with Gasteiger partial charge in [0.15, 0.2) is 23.9 Å². The number of ether oxygens (including phenoxy) is 4. The van der Waals surface area contributed by atoms with E-state index in [-0.39, 0.29) is 5.78 Å². The minimum absolute atomic E-state index is 0.254. The standard InChI is InChI=1S/C20H20O7/c1-24-14-6-9-17(25-2)15(11-14)16(21)7-4-13-5-8-18(19(10-13)26-3)27-12-20(22)23/h4-11H,12H2,1-3H3,(H,22,23)/b7-4+. The number of carbonyl (C=O) groups excluding carboxylic acids is 1. The van der Waals surface area contributed by atoms with E-state index < -0.39 is 12.6 Å². The fraction of sp³-hybridized carbons (Fsp3) is 0.200. The van der Waals surface area contributed by atoms with Gasteiger partial charge in [-0.1, -0.05) is 12.1 Å². The van der Waals surface area contributed by atoms with Gasteiger partial charge in [-0.2, -0.15) is 0 Å². The molecule has 142 valence electrons. The van der Waals surface area contributed by atoms with Crippen molar-refractivity contribution in [3.8, 4) is 23.0 Å². The van der Waals surface area contributed by atoms with Crippen molar-refractivity contribution >= 4 is 17.8 Å². The Hall–Kier alpha value is -3.48. The zero-order chi connectivity index (χ0) is 19.8. The van der Waals surface area contributed by atoms with Crippen LogP contribution in [0.1, 0.15) is 15.9 Å². The van der Waals surface area contributed by atoms with Crippen LogP contribution >= 0.6 is 0 Å². The van der Waals surface area contributed by atoms with Gasteiger partial charge in [-0.3, -0.25) is 4.79 Å². The first kappa shape index (κ1) is 19.8. The number of benzene rings is 2. The molecule has 2 aromatic carbocycles. The van der Waals surface area contributed by atoms with Gasteiger partial charge < -0.3 is 24.1 Å². The Morgan fingerprint density at radius 1 is 0.926 bits per heavy atom. The molecule has 2 aromatic rings. The highest BCUT2D eigenvalue weighted by Gasteiger charge is 2.12. The van der Waals surface area contributed by atoms with Crippen LogP contribution in [0.3, 0.4) is 0 Å². The van der Waals surface area contributed by atoms with Crippen molar-refractivity contribution < 1.29 is 33.6 Å². The van der Waals surface area contributed by atoms with E-state index in [4.69, 9.17) is 24.1 Å². The summed E-state index contributed by atoms with van der Waals surface area (Å²) in [7, 11) is 4.46. The lowest BCUT2D eigenvalue weighted by Crippen LogP contribution is -2.10. The van der Waals surface area contributed by atoms with Gasteiger partial charge in [0, 0.05) is 0 Å². The van der Waals surface area contributed by atoms with E-state index in [1.165, 1.54) is 27.4 Å². The molecule has 1 N–H and O–H groups in total. The maximum atomic E-state index is 12.5. The van der Waals surface area contributed by atoms with Crippen LogP contribution in [0.15, 0.2) is 42.5 Å². The minimum atomic E-state index is -1.08. The van der Waals surface area contributed by atoms with Gasteiger partial charge in [0.05, 0.1) is 26.9 Å². The number of carboxylic acid groups (broad SMARTS) is 1. The topological polar surface area (TPSA) is 91.3 Å². The molecule has 0 aromatic heterocycles. The third-order valence-electron chi connectivity index (χ3n) is 3.64. The molecule has 0 saturated heterocycles. The molecule has 0 aliphatic heterocycles. The van der Waals surface area contributed by atoms with Crippen LogP contribution in [0.2, 0.25) is 0 Å². The Kier molecular flexibility index (Phi) is 6.82. The molecule has 0 bridgehead atoms. The number of hydrogen-bond acceptors (Lipinski definition) is 6. The monoisotopic (exact) mass is 372 g/mol. The first-order valence-electron chi connectivity index (χ1n) is 7.95. The molecule has 0 radical (unpaired) electrons. The second kappa shape index (κ2) is 9.28. The summed E-state index contributed by atoms with van der Waals surface area (Å²) in [6.45, 7) is -0.473. The van der Waals surface area contributed by atoms with Crippen molar-refractivity contribution in [2.75, 3.05) is 27.9 Å². The Bertz CT molecular complexity index is 855. The minimum Gasteiger partial charge on any atom is -0.497 e. The van der Waals surface area contributed by atoms with E-state index in [9.17, 15) is 9.59 Å². The van der Waals surface area contributed by atoms with Gasteiger partial charge in [-0.25, -0.2) is 4.79 Å². The molecule has 0 fully saturated rings. The molecule has 7 heteroatoms. The molecule has 0 amide bonds. The van der Waals surface area contributed by atoms with Crippen LogP contribution in [0.4, 0.5) is 0 Å². The molecule has 0 aliphatic carbocycles. The maximum absolute atomic E-state index is 12.5. The van der Waals surface area contributed by atoms with Crippen LogP contribution in [-0.2, 0) is 4.79 Å². The van der Waals surface area contributed by atoms with Gasteiger partial charge in [0.1, 0.15) is 11.5 Å². The van der Waals surface area contributed by atoms with E-state index in [0.29, 0.717) is 34.1 Å². The first-order valence-corrected chi connectivity index (χ1v) is 7.95. The second-order valence-electron chi connectivity index (χ2n) is 5.36. The molecule has 0 spiro atoms. The SMILES string of the molecule is COc1ccc(OC)c(C(=O)/C=C/c2ccc(OCC(=O)O)c(OC)c2)c1. The zero-order valence-corrected chi connectivity index (χ0v) is 15.2. The van der Waals surface area contributed by atoms with Crippen LogP contribution in [-0.4, -0.2) is 44.8 Å². The number of carboxylic acids is 1. The van der Waals surface area contributed by atoms with Gasteiger partial charge in [-0.05, 0) is 42.0 Å². The fourth-order valence-corrected chi connectivity index (χ4v) is 2.31. The zero-order valence-electron chi connectivity index (χ0n) is 15.2. The van der Waals surface area contributed by atoms with Crippen molar-refractivity contribution in [2.45, 2.75) is 0 Å². The number of hydrogen-bond donors (Lipinski definition) is 1. The van der Waals surface area contributed by atoms with E-state index >= 15 is 0 Å². The highest BCUT2D eigenvalue weighted by atomic mass is 16.5. The van der Waals surface area contributed by atoms with Crippen molar-refractivity contribution in [3.63, 3.8) is 0 Å². The van der Waals surface area contributed by atoms with Gasteiger partial charge in [0.25, 0.3) is 0 Å². The smallest absolute Gasteiger partial charge is 0.341 e. The lowest BCUT2D eigenvalue weighted by atomic mass is 10.1. The Morgan fingerprint density at radius 2 is 1.63 bits per heavy atom. The summed E-state index contributed by atoms with van der Waals surface area (Å²) in [5.74, 6) is 0.326. The molecule has 2 rings (SSSR count). The van der Waals surface area contributed by atoms with Gasteiger partial charge >= 0.3 is 5.97 Å². The summed E-state index contributed by atoms with van der Waals surface area (Å²) in [6, 6.07) is 9.89. The first-order chi connectivity index (χ1) is 13.0. The molecule has 7 nitrogen and oxygen atoms in total. The van der Waals surface area contributed by atoms with E-state index in [1.807, 2.05) is 0 Å². The summed E-state index contributed by atoms with van der Waals surface area (Å²) < 4.78 is 20.7. The largest absolute Gasteiger partial charge is 0.497 e. The van der Waals surface area contributed by atoms with Gasteiger partial charge in [-0.15, -0.1) is 0 Å². The van der Waals surface area contributed by atoms with Crippen LogP contribution in [0, 0.1) is 0 Å². The van der Waals surface area contributed by atoms with Crippen LogP contribution in [0.25, 0.3) is 6.08 Å². The molecule has 0 heterocycles. The summed E-state index contributed by atoms with van der Waals surface area (Å²) >= 11 is 0. The van der Waals surface area contributed by atoms with Crippen molar-refractivity contribution in [1.82, 2.24) is 0 Å². The fourth-order valence-electron chi connectivity index (χ4n) is 2.31. The normalized spacial score (nSPS) is 10.5. The van der Waals surface area contributed by atoms with Crippen molar-refractivity contribution in [1.29, 1.82) is 0 Å². The predicted octanol–water partition coefficient (Wildman–Crippen LogP) is 3.07. The lowest BCUT2D eigenvalue weighted by Gasteiger charge is -2.10. The average Bonchev–Trinajstić information content (AvgIpc) is 2.69. The molecular formula is C20H20O7. The lowest BCUT2D eigenvalue weighted by molar-refractivity contribution is -0.139. The summed E-state index contributed by atoms with van der Waals surface area (Å²) in [5, 5.41) is 8.69. The van der Waals surface area contributed by atoms with E-state index in [2.05, 4.69) is 0 Å². The van der Waals surface area contributed by atoms with Crippen molar-refractivity contribution in [3.05, 3.63) is 53.6 Å². The summed E-state index contributed by atoms with van der Waals surface area (Å²) in [4.78, 5) is 23.1. The average molecular weight is 372 g/mol. The maximum Gasteiger partial charge on any atom is 0.341 e. The Balaban J connectivity index is 2.22. The number of aliphatic carboxylic acids is 1. The summed E-state index contributed by atoms with van der Waals surface area (Å²) in [5.41, 5.74) is 1.06. The summed E-state index contributed by atoms with van der Waals surface area (Å²) in [6.07, 6.45) is 3.02. The molecule has 0 unspecified atom stereocenters. The number of carbonyl (C=O) groups is 2. The van der Waals surface area contributed by atoms with E-state index in [1.54, 1.807) is 42.5 Å². The molecule has 0 saturated carbocycles. The second-order valence-corrected chi connectivity index (χ2v) is 5.36. The van der Waals surface area contributed by atoms with Crippen LogP contribution in [0.5, 0.6) is 23.0 Å². The molecule has 0 atom stereocenters. The number of rotatable bonds is 9. The predicted molar refractivity (Wildman–Crippen MR) is 99.0 cm³/mol. The Morgan fingerprint density at radius 3 is 2.26 bits per heavy atom. The number of methoxy groups -OCH3 is 3. The number of ketones is 1. The molecule has 0 aliphatic rings. The van der Waals surface area contributed by atoms with Gasteiger partial charge in [0.2, 0.25) is 0 Å². The highest BCUT2D eigenvalue weighted by Crippen LogP contribution is 2.29.